The number of ketones is 1. The van der Waals surface area contributed by atoms with Crippen molar-refractivity contribution in [3.05, 3.63) is 63.5 Å². The van der Waals surface area contributed by atoms with Crippen LogP contribution in [0, 0.1) is 11.8 Å². The van der Waals surface area contributed by atoms with E-state index < -0.39 is 0 Å². The SMILES string of the molecule is C[C@@H]1C[C@@H](C)CN(Cc2c(O)ccc3c2O/C(=C\c2cc4cc(Br)ccc4o2)C3=O)C1. The molecular formula is C25H24BrNO4. The zero-order valence-corrected chi connectivity index (χ0v) is 19.1. The molecule has 2 aliphatic heterocycles. The number of rotatable bonds is 3. The molecule has 6 heteroatoms. The number of allylic oxidation sites excluding steroid dienone is 1. The fraction of sp³-hybridized carbons (Fsp3) is 0.320. The first-order valence-electron chi connectivity index (χ1n) is 10.6. The Morgan fingerprint density at radius 3 is 2.71 bits per heavy atom. The monoisotopic (exact) mass is 481 g/mol. The Hall–Kier alpha value is -2.57. The van der Waals surface area contributed by atoms with Crippen molar-refractivity contribution < 1.29 is 19.1 Å². The number of piperidine rings is 1. The molecule has 0 bridgehead atoms. The van der Waals surface area contributed by atoms with Gasteiger partial charge < -0.3 is 14.3 Å². The number of halogens is 1. The van der Waals surface area contributed by atoms with Crippen LogP contribution in [0.1, 0.15) is 41.9 Å². The number of nitrogens with zero attached hydrogens (tertiary/aromatic N) is 1. The minimum Gasteiger partial charge on any atom is -0.507 e. The lowest BCUT2D eigenvalue weighted by Crippen LogP contribution is -2.38. The molecule has 3 heterocycles. The van der Waals surface area contributed by atoms with Gasteiger partial charge in [-0.15, -0.1) is 0 Å². The molecule has 0 saturated carbocycles. The minimum atomic E-state index is -0.196. The Bertz CT molecular complexity index is 1200. The molecule has 1 saturated heterocycles. The number of hydrogen-bond donors (Lipinski definition) is 1. The van der Waals surface area contributed by atoms with Gasteiger partial charge in [0.25, 0.3) is 0 Å². The molecule has 160 valence electrons. The van der Waals surface area contributed by atoms with E-state index in [1.807, 2.05) is 24.3 Å². The summed E-state index contributed by atoms with van der Waals surface area (Å²) < 4.78 is 12.8. The molecule has 1 aromatic heterocycles. The van der Waals surface area contributed by atoms with Crippen molar-refractivity contribution in [2.75, 3.05) is 13.1 Å². The lowest BCUT2D eigenvalue weighted by Gasteiger charge is -2.35. The summed E-state index contributed by atoms with van der Waals surface area (Å²) in [5.74, 6) is 2.39. The molecule has 1 fully saturated rings. The van der Waals surface area contributed by atoms with E-state index in [1.54, 1.807) is 18.2 Å². The van der Waals surface area contributed by atoms with Crippen LogP contribution in [0.25, 0.3) is 17.0 Å². The highest BCUT2D eigenvalue weighted by atomic mass is 79.9. The van der Waals surface area contributed by atoms with Crippen LogP contribution in [-0.2, 0) is 6.54 Å². The first-order valence-corrected chi connectivity index (χ1v) is 11.4. The second-order valence-electron chi connectivity index (χ2n) is 8.85. The van der Waals surface area contributed by atoms with Crippen LogP contribution < -0.4 is 4.74 Å². The van der Waals surface area contributed by atoms with Gasteiger partial charge >= 0.3 is 0 Å². The van der Waals surface area contributed by atoms with E-state index in [-0.39, 0.29) is 17.3 Å². The maximum Gasteiger partial charge on any atom is 0.232 e. The molecule has 2 aliphatic rings. The van der Waals surface area contributed by atoms with Gasteiger partial charge in [-0.2, -0.15) is 0 Å². The fourth-order valence-corrected chi connectivity index (χ4v) is 5.21. The third kappa shape index (κ3) is 3.90. The zero-order valence-electron chi connectivity index (χ0n) is 17.5. The van der Waals surface area contributed by atoms with Crippen molar-refractivity contribution in [1.29, 1.82) is 0 Å². The van der Waals surface area contributed by atoms with Crippen LogP contribution in [0.4, 0.5) is 0 Å². The predicted octanol–water partition coefficient (Wildman–Crippen LogP) is 6.00. The van der Waals surface area contributed by atoms with Crippen molar-refractivity contribution in [1.82, 2.24) is 4.90 Å². The van der Waals surface area contributed by atoms with Gasteiger partial charge in [0.1, 0.15) is 22.8 Å². The number of aromatic hydroxyl groups is 1. The van der Waals surface area contributed by atoms with Crippen molar-refractivity contribution in [3.8, 4) is 11.5 Å². The first-order chi connectivity index (χ1) is 14.9. The Kier molecular flexibility index (Phi) is 5.15. The lowest BCUT2D eigenvalue weighted by molar-refractivity contribution is 0.101. The summed E-state index contributed by atoms with van der Waals surface area (Å²) in [4.78, 5) is 15.3. The van der Waals surface area contributed by atoms with E-state index in [0.29, 0.717) is 41.0 Å². The van der Waals surface area contributed by atoms with Gasteiger partial charge in [0, 0.05) is 35.6 Å². The fourth-order valence-electron chi connectivity index (χ4n) is 4.83. The average molecular weight is 482 g/mol. The van der Waals surface area contributed by atoms with Gasteiger partial charge in [0.05, 0.1) is 11.1 Å². The number of furan rings is 1. The van der Waals surface area contributed by atoms with Crippen LogP contribution in [0.3, 0.4) is 0 Å². The molecule has 2 aromatic carbocycles. The summed E-state index contributed by atoms with van der Waals surface area (Å²) in [5, 5.41) is 11.5. The van der Waals surface area contributed by atoms with Crippen LogP contribution in [0.2, 0.25) is 0 Å². The molecule has 5 nitrogen and oxygen atoms in total. The quantitative estimate of drug-likeness (QED) is 0.465. The molecule has 5 rings (SSSR count). The number of likely N-dealkylation sites (tertiary alicyclic amines) is 1. The number of fused-ring (bicyclic) bond motifs is 2. The highest BCUT2D eigenvalue weighted by molar-refractivity contribution is 9.10. The number of carbonyl (C=O) groups is 1. The van der Waals surface area contributed by atoms with Crippen LogP contribution in [0.5, 0.6) is 11.5 Å². The summed E-state index contributed by atoms with van der Waals surface area (Å²) in [5.41, 5.74) is 1.89. The zero-order chi connectivity index (χ0) is 21.7. The first kappa shape index (κ1) is 20.3. The molecule has 0 radical (unpaired) electrons. The standard InChI is InChI=1S/C25H24BrNO4/c1-14-7-15(2)12-27(11-14)13-20-21(28)5-4-19-24(29)23(31-25(19)20)10-18-9-16-8-17(26)3-6-22(16)30-18/h3-6,8-10,14-15,28H,7,11-13H2,1-2H3/b23-10-/t14-,15-/m1/s1. The third-order valence-electron chi connectivity index (χ3n) is 6.01. The van der Waals surface area contributed by atoms with E-state index in [0.717, 1.165) is 28.5 Å². The molecule has 0 spiro atoms. The van der Waals surface area contributed by atoms with E-state index >= 15 is 0 Å². The highest BCUT2D eigenvalue weighted by Gasteiger charge is 2.33. The molecule has 0 amide bonds. The van der Waals surface area contributed by atoms with Crippen molar-refractivity contribution in [2.24, 2.45) is 11.8 Å². The van der Waals surface area contributed by atoms with Gasteiger partial charge in [-0.3, -0.25) is 9.69 Å². The average Bonchev–Trinajstić information content (AvgIpc) is 3.24. The number of hydrogen-bond acceptors (Lipinski definition) is 5. The Morgan fingerprint density at radius 2 is 1.94 bits per heavy atom. The smallest absolute Gasteiger partial charge is 0.232 e. The molecule has 31 heavy (non-hydrogen) atoms. The highest BCUT2D eigenvalue weighted by Crippen LogP contribution is 2.41. The van der Waals surface area contributed by atoms with Gasteiger partial charge in [-0.25, -0.2) is 0 Å². The van der Waals surface area contributed by atoms with Crippen molar-refractivity contribution in [3.63, 3.8) is 0 Å². The third-order valence-corrected chi connectivity index (χ3v) is 6.51. The molecular weight excluding hydrogens is 458 g/mol. The molecule has 0 aliphatic carbocycles. The van der Waals surface area contributed by atoms with Crippen molar-refractivity contribution >= 4 is 38.8 Å². The number of phenolic OH excluding ortho intramolecular Hbond substituents is 1. The Morgan fingerprint density at radius 1 is 1.16 bits per heavy atom. The number of carbonyl (C=O) groups excluding carboxylic acids is 1. The van der Waals surface area contributed by atoms with Crippen LogP contribution in [-0.4, -0.2) is 28.9 Å². The number of phenols is 1. The second-order valence-corrected chi connectivity index (χ2v) is 9.77. The summed E-state index contributed by atoms with van der Waals surface area (Å²) in [6.45, 7) is 7.01. The number of ether oxygens (including phenoxy) is 1. The van der Waals surface area contributed by atoms with E-state index in [4.69, 9.17) is 9.15 Å². The second kappa shape index (κ2) is 7.84. The lowest BCUT2D eigenvalue weighted by atomic mass is 9.91. The van der Waals surface area contributed by atoms with Gasteiger partial charge in [0.2, 0.25) is 5.78 Å². The van der Waals surface area contributed by atoms with E-state index in [1.165, 1.54) is 6.42 Å². The van der Waals surface area contributed by atoms with Crippen molar-refractivity contribution in [2.45, 2.75) is 26.8 Å². The Balaban J connectivity index is 1.46. The Labute approximate surface area is 189 Å². The minimum absolute atomic E-state index is 0.160. The molecule has 1 N–H and O–H groups in total. The van der Waals surface area contributed by atoms with Gasteiger partial charge in [-0.1, -0.05) is 29.8 Å². The maximum atomic E-state index is 13.0. The summed E-state index contributed by atoms with van der Waals surface area (Å²) in [6, 6.07) is 10.9. The number of benzene rings is 2. The predicted molar refractivity (Wildman–Crippen MR) is 123 cm³/mol. The maximum absolute atomic E-state index is 13.0. The summed E-state index contributed by atoms with van der Waals surface area (Å²) >= 11 is 3.46. The topological polar surface area (TPSA) is 62.9 Å². The summed E-state index contributed by atoms with van der Waals surface area (Å²) in [6.07, 6.45) is 2.84. The largest absolute Gasteiger partial charge is 0.507 e. The van der Waals surface area contributed by atoms with E-state index in [9.17, 15) is 9.90 Å². The normalized spacial score (nSPS) is 22.8. The van der Waals surface area contributed by atoms with E-state index in [2.05, 4.69) is 34.7 Å². The number of Topliss-reactive ketones (excluding diaryl/α,β-unsaturated/α-hetero) is 1. The molecule has 2 atom stereocenters. The summed E-state index contributed by atoms with van der Waals surface area (Å²) in [7, 11) is 0. The van der Waals surface area contributed by atoms with Crippen LogP contribution >= 0.6 is 15.9 Å². The molecule has 0 unspecified atom stereocenters. The van der Waals surface area contributed by atoms with Crippen LogP contribution in [0.15, 0.2) is 51.0 Å². The molecule has 3 aromatic rings. The van der Waals surface area contributed by atoms with Gasteiger partial charge in [-0.05, 0) is 54.7 Å². The van der Waals surface area contributed by atoms with Gasteiger partial charge in [0.15, 0.2) is 5.76 Å².